The Hall–Kier alpha value is -0.950. The molecule has 2 heterocycles. The first-order valence-corrected chi connectivity index (χ1v) is 9.16. The van der Waals surface area contributed by atoms with E-state index in [1.165, 1.54) is 24.2 Å². The van der Waals surface area contributed by atoms with Gasteiger partial charge >= 0.3 is 0 Å². The minimum atomic E-state index is -3.37. The van der Waals surface area contributed by atoms with Crippen molar-refractivity contribution in [2.24, 2.45) is 0 Å². The summed E-state index contributed by atoms with van der Waals surface area (Å²) >= 11 is 1.32. The molecule has 0 spiro atoms. The Balaban J connectivity index is 1.67. The molecule has 1 saturated heterocycles. The lowest BCUT2D eigenvalue weighted by atomic mass is 10.3. The molecule has 108 valence electrons. The molecule has 0 amide bonds. The third kappa shape index (κ3) is 3.03. The number of benzene rings is 1. The predicted molar refractivity (Wildman–Crippen MR) is 82.7 cm³/mol. The van der Waals surface area contributed by atoms with Crippen LogP contribution < -0.4 is 4.72 Å². The van der Waals surface area contributed by atoms with E-state index in [9.17, 15) is 8.42 Å². The van der Waals surface area contributed by atoms with Gasteiger partial charge in [-0.05, 0) is 43.5 Å². The van der Waals surface area contributed by atoms with Gasteiger partial charge in [0.2, 0.25) is 10.0 Å². The highest BCUT2D eigenvalue weighted by Gasteiger charge is 2.18. The normalized spacial score (nSPS) is 17.0. The molecular weight excluding hydrogens is 292 g/mol. The van der Waals surface area contributed by atoms with E-state index in [0.717, 1.165) is 29.7 Å². The number of nitrogens with zero attached hydrogens (tertiary/aromatic N) is 1. The van der Waals surface area contributed by atoms with Crippen LogP contribution in [0.2, 0.25) is 0 Å². The second kappa shape index (κ2) is 5.81. The number of fused-ring (bicyclic) bond motifs is 1. The molecule has 1 N–H and O–H groups in total. The van der Waals surface area contributed by atoms with Crippen molar-refractivity contribution < 1.29 is 8.42 Å². The summed E-state index contributed by atoms with van der Waals surface area (Å²) in [6, 6.07) is 9.48. The molecule has 0 unspecified atom stereocenters. The Morgan fingerprint density at radius 2 is 1.95 bits per heavy atom. The Kier molecular flexibility index (Phi) is 4.07. The molecule has 0 bridgehead atoms. The smallest absolute Gasteiger partial charge is 0.250 e. The van der Waals surface area contributed by atoms with Gasteiger partial charge in [0.1, 0.15) is 4.21 Å². The number of hydrogen-bond acceptors (Lipinski definition) is 4. The van der Waals surface area contributed by atoms with Crippen LogP contribution in [0.3, 0.4) is 0 Å². The van der Waals surface area contributed by atoms with Gasteiger partial charge in [0.25, 0.3) is 0 Å². The largest absolute Gasteiger partial charge is 0.302 e. The van der Waals surface area contributed by atoms with E-state index in [2.05, 4.69) is 9.62 Å². The second-order valence-corrected chi connectivity index (χ2v) is 8.13. The SMILES string of the molecule is O=S(=O)(NCCN1CCCC1)c1cc2ccccc2s1. The summed E-state index contributed by atoms with van der Waals surface area (Å²) in [5.41, 5.74) is 0. The lowest BCUT2D eigenvalue weighted by Crippen LogP contribution is -2.33. The quantitative estimate of drug-likeness (QED) is 0.922. The van der Waals surface area contributed by atoms with Crippen molar-refractivity contribution in [1.82, 2.24) is 9.62 Å². The molecule has 1 aromatic carbocycles. The van der Waals surface area contributed by atoms with Gasteiger partial charge in [-0.15, -0.1) is 11.3 Å². The fourth-order valence-electron chi connectivity index (χ4n) is 2.51. The van der Waals surface area contributed by atoms with Crippen LogP contribution in [0.25, 0.3) is 10.1 Å². The third-order valence-electron chi connectivity index (χ3n) is 3.59. The highest BCUT2D eigenvalue weighted by atomic mass is 32.2. The van der Waals surface area contributed by atoms with Gasteiger partial charge in [-0.3, -0.25) is 0 Å². The van der Waals surface area contributed by atoms with Crippen LogP contribution in [-0.4, -0.2) is 39.5 Å². The Bertz CT molecular complexity index is 655. The maximum absolute atomic E-state index is 12.3. The predicted octanol–water partition coefficient (Wildman–Crippen LogP) is 2.28. The van der Waals surface area contributed by atoms with Crippen molar-refractivity contribution in [1.29, 1.82) is 0 Å². The lowest BCUT2D eigenvalue weighted by Gasteiger charge is -2.14. The highest BCUT2D eigenvalue weighted by molar-refractivity contribution is 7.91. The summed E-state index contributed by atoms with van der Waals surface area (Å²) < 4.78 is 28.6. The first-order chi connectivity index (χ1) is 9.65. The molecule has 20 heavy (non-hydrogen) atoms. The van der Waals surface area contributed by atoms with Crippen LogP contribution in [0, 0.1) is 0 Å². The molecule has 0 aliphatic carbocycles. The number of hydrogen-bond donors (Lipinski definition) is 1. The molecule has 6 heteroatoms. The van der Waals surface area contributed by atoms with E-state index in [1.807, 2.05) is 24.3 Å². The van der Waals surface area contributed by atoms with Crippen LogP contribution >= 0.6 is 11.3 Å². The monoisotopic (exact) mass is 310 g/mol. The minimum Gasteiger partial charge on any atom is -0.302 e. The zero-order valence-electron chi connectivity index (χ0n) is 11.2. The van der Waals surface area contributed by atoms with Crippen LogP contribution in [-0.2, 0) is 10.0 Å². The lowest BCUT2D eigenvalue weighted by molar-refractivity contribution is 0.344. The summed E-state index contributed by atoms with van der Waals surface area (Å²) in [6.07, 6.45) is 2.45. The molecule has 0 radical (unpaired) electrons. The summed E-state index contributed by atoms with van der Waals surface area (Å²) in [7, 11) is -3.37. The number of thiophene rings is 1. The van der Waals surface area contributed by atoms with Gasteiger partial charge < -0.3 is 4.90 Å². The van der Waals surface area contributed by atoms with Crippen molar-refractivity contribution in [3.63, 3.8) is 0 Å². The molecular formula is C14H18N2O2S2. The third-order valence-corrected chi connectivity index (χ3v) is 6.64. The van der Waals surface area contributed by atoms with E-state index < -0.39 is 10.0 Å². The number of likely N-dealkylation sites (tertiary alicyclic amines) is 1. The van der Waals surface area contributed by atoms with E-state index in [0.29, 0.717) is 10.8 Å². The van der Waals surface area contributed by atoms with E-state index in [4.69, 9.17) is 0 Å². The van der Waals surface area contributed by atoms with Crippen molar-refractivity contribution >= 4 is 31.4 Å². The van der Waals surface area contributed by atoms with E-state index in [-0.39, 0.29) is 0 Å². The number of sulfonamides is 1. The summed E-state index contributed by atoms with van der Waals surface area (Å²) in [6.45, 7) is 3.45. The van der Waals surface area contributed by atoms with Gasteiger partial charge in [0.15, 0.2) is 0 Å². The van der Waals surface area contributed by atoms with Crippen LogP contribution in [0.1, 0.15) is 12.8 Å². The van der Waals surface area contributed by atoms with E-state index >= 15 is 0 Å². The highest BCUT2D eigenvalue weighted by Crippen LogP contribution is 2.28. The number of rotatable bonds is 5. The Morgan fingerprint density at radius 3 is 2.70 bits per heavy atom. The topological polar surface area (TPSA) is 49.4 Å². The molecule has 0 saturated carbocycles. The first-order valence-electron chi connectivity index (χ1n) is 6.86. The van der Waals surface area contributed by atoms with Gasteiger partial charge in [-0.2, -0.15) is 0 Å². The molecule has 1 aliphatic rings. The zero-order valence-corrected chi connectivity index (χ0v) is 12.8. The van der Waals surface area contributed by atoms with Crippen molar-refractivity contribution in [3.05, 3.63) is 30.3 Å². The van der Waals surface area contributed by atoms with E-state index in [1.54, 1.807) is 6.07 Å². The van der Waals surface area contributed by atoms with Crippen molar-refractivity contribution in [3.8, 4) is 0 Å². The Labute approximate surface area is 123 Å². The fraction of sp³-hybridized carbons (Fsp3) is 0.429. The maximum Gasteiger partial charge on any atom is 0.250 e. The standard InChI is InChI=1S/C14H18N2O2S2/c17-20(18,15-7-10-16-8-3-4-9-16)14-11-12-5-1-2-6-13(12)19-14/h1-2,5-6,11,15H,3-4,7-10H2. The maximum atomic E-state index is 12.3. The van der Waals surface area contributed by atoms with Crippen molar-refractivity contribution in [2.75, 3.05) is 26.2 Å². The fourth-order valence-corrected chi connectivity index (χ4v) is 4.97. The molecule has 3 rings (SSSR count). The zero-order chi connectivity index (χ0) is 14.0. The minimum absolute atomic E-state index is 0.403. The molecule has 1 fully saturated rings. The van der Waals surface area contributed by atoms with Crippen LogP contribution in [0.15, 0.2) is 34.5 Å². The van der Waals surface area contributed by atoms with Gasteiger partial charge in [0.05, 0.1) is 0 Å². The molecule has 0 atom stereocenters. The van der Waals surface area contributed by atoms with Gasteiger partial charge in [0, 0.05) is 17.8 Å². The Morgan fingerprint density at radius 1 is 1.20 bits per heavy atom. The van der Waals surface area contributed by atoms with Crippen LogP contribution in [0.5, 0.6) is 0 Å². The molecule has 4 nitrogen and oxygen atoms in total. The average molecular weight is 310 g/mol. The molecule has 1 aromatic heterocycles. The summed E-state index contributed by atoms with van der Waals surface area (Å²) in [5, 5.41) is 0.984. The van der Waals surface area contributed by atoms with Crippen molar-refractivity contribution in [2.45, 2.75) is 17.1 Å². The summed E-state index contributed by atoms with van der Waals surface area (Å²) in [4.78, 5) is 2.30. The summed E-state index contributed by atoms with van der Waals surface area (Å²) in [5.74, 6) is 0. The molecule has 2 aromatic rings. The first kappa shape index (κ1) is 14.0. The average Bonchev–Trinajstić information content (AvgIpc) is 3.07. The second-order valence-electron chi connectivity index (χ2n) is 5.05. The van der Waals surface area contributed by atoms with Crippen LogP contribution in [0.4, 0.5) is 0 Å². The van der Waals surface area contributed by atoms with Gasteiger partial charge in [-0.1, -0.05) is 18.2 Å². The molecule has 1 aliphatic heterocycles. The number of nitrogens with one attached hydrogen (secondary N) is 1. The van der Waals surface area contributed by atoms with Gasteiger partial charge in [-0.25, -0.2) is 13.1 Å².